The Morgan fingerprint density at radius 3 is 1.16 bits per heavy atom. The van der Waals surface area contributed by atoms with Crippen molar-refractivity contribution in [3.63, 3.8) is 0 Å². The molecule has 3 fully saturated rings. The summed E-state index contributed by atoms with van der Waals surface area (Å²) in [6.45, 7) is 41.0. The third kappa shape index (κ3) is 36.0. The first kappa shape index (κ1) is 75.4. The van der Waals surface area contributed by atoms with Gasteiger partial charge in [-0.2, -0.15) is 13.2 Å². The Labute approximate surface area is 698 Å². The van der Waals surface area contributed by atoms with E-state index in [0.717, 1.165) is 98.4 Å². The maximum atomic E-state index is 12.5. The van der Waals surface area contributed by atoms with Gasteiger partial charge in [-0.15, -0.1) is 0 Å². The summed E-state index contributed by atoms with van der Waals surface area (Å²) < 4.78 is 179. The van der Waals surface area contributed by atoms with Gasteiger partial charge in [0.25, 0.3) is 0 Å². The lowest BCUT2D eigenvalue weighted by atomic mass is 9.63. The maximum Gasteiger partial charge on any atom is 0.449 e. The number of halogens is 3. The number of aromatic nitrogens is 3. The highest BCUT2D eigenvalue weighted by Crippen LogP contribution is 2.49. The van der Waals surface area contributed by atoms with E-state index in [9.17, 15) is 13.2 Å². The maximum absolute atomic E-state index is 12.5. The summed E-state index contributed by atoms with van der Waals surface area (Å²) >= 11 is 0. The average molecular weight is 1560 g/mol. The quantitative estimate of drug-likeness (QED) is 0.0801. The van der Waals surface area contributed by atoms with Crippen molar-refractivity contribution in [2.24, 2.45) is 52.6 Å². The van der Waals surface area contributed by atoms with Crippen LogP contribution in [0.5, 0.6) is 0 Å². The zero-order valence-electron chi connectivity index (χ0n) is 92.2. The first-order valence-electron chi connectivity index (χ1n) is 49.2. The molecule has 2 heterocycles. The molecule has 2 aromatic heterocycles. The number of pyridine rings is 1. The SMILES string of the molecule is CC(C)N=C(N(C)C(C)C)C(F)(F)F.CC(C)N=C(c1ccccn1)N(C)C(C)C.CC(C)N=C(c1ncccn1)N(C)C(C)C.[2H]C([2H])([2H])C([2H])(C)c1cc(C([2H])(C)C([2H])([2H])[2H])c(C(=NC(C)C)N(C)C(C)C)c(C([2H])(C([2H])([2H])[2H])C([2H])([2H])[2H])c1.[2H]C1(C(=NC(C)C)N(C)C(C)C)CCC(C)(C)CC1.[2H]C1(C(=NC(C)C)N(C)C(C)C)CCC2(CCCCC2)CC1. The van der Waals surface area contributed by atoms with Crippen LogP contribution in [0.4, 0.5) is 13.2 Å². The molecule has 0 amide bonds. The van der Waals surface area contributed by atoms with Crippen molar-refractivity contribution in [3.8, 4) is 0 Å². The standard InChI is InChI=1S/C23H40N2.C19H36N2.C16H32N2.C13H21N3.C12H20N4.C9H17F3N2/c1-14(2)19-12-20(15(3)4)22(21(13-19)16(5)6)23(24-17(7)8)25(11)18(9)10;1-15(2)20-18(21(5)16(3)4)17-9-13-19(14-10-17)11-7-6-8-12-19;1-12(2)17-15(18(7)13(3)4)14-8-10-16(5,6)11-9-14;1-10(2)15-13(16(5)11(3)4)12-8-6-7-9-14-12;1-9(2)15-12(16(5)10(3)4)11-13-7-6-8-14-11;1-6(2)13-8(9(10,11)12)14(5)7(3)4/h12-18H,1-11H3;15-17H,6-14H2,1-5H3;12-14H,8-11H2,1-7H3;6-11H,1-5H3;6-10H,1-5H3;6-7H,1-5H3/i1D3,3D3,4D3,5D3,14D,15D,16D;17D;14D;;;. The highest BCUT2D eigenvalue weighted by Gasteiger charge is 2.41. The Bertz CT molecular complexity index is 3860. The summed E-state index contributed by atoms with van der Waals surface area (Å²) in [5.74, 6) is -5.78. The number of hydrogen-bond donors (Lipinski definition) is 0. The molecule has 0 N–H and O–H groups in total. The molecule has 630 valence electrons. The van der Waals surface area contributed by atoms with Gasteiger partial charge in [-0.25, -0.2) is 9.97 Å². The van der Waals surface area contributed by atoms with Gasteiger partial charge in [0, 0.05) is 174 Å². The van der Waals surface area contributed by atoms with Crippen molar-refractivity contribution >= 4 is 35.0 Å². The molecule has 3 aliphatic carbocycles. The van der Waals surface area contributed by atoms with Gasteiger partial charge in [0.1, 0.15) is 29.0 Å². The Kier molecular flexibility index (Phi) is 33.6. The number of nitrogens with zero attached hydrogens (tertiary/aromatic N) is 15. The van der Waals surface area contributed by atoms with Crippen LogP contribution in [0.2, 0.25) is 0 Å². The summed E-state index contributed by atoms with van der Waals surface area (Å²) in [5.41, 5.74) is -0.132. The van der Waals surface area contributed by atoms with Gasteiger partial charge in [-0.1, -0.05) is 92.6 Å². The summed E-state index contributed by atoms with van der Waals surface area (Å²) in [4.78, 5) is 51.3. The van der Waals surface area contributed by atoms with Gasteiger partial charge < -0.3 is 29.4 Å². The van der Waals surface area contributed by atoms with E-state index in [1.807, 2.05) is 31.3 Å². The summed E-state index contributed by atoms with van der Waals surface area (Å²) in [7, 11) is 11.2. The van der Waals surface area contributed by atoms with Crippen LogP contribution in [0.1, 0.15) is 379 Å². The molecule has 18 heteroatoms. The summed E-state index contributed by atoms with van der Waals surface area (Å²) in [6, 6.07) is 10.9. The van der Waals surface area contributed by atoms with Crippen molar-refractivity contribution < 1.29 is 36.5 Å². The fourth-order valence-corrected chi connectivity index (χ4v) is 12.2. The van der Waals surface area contributed by atoms with E-state index in [1.54, 1.807) is 85.9 Å². The summed E-state index contributed by atoms with van der Waals surface area (Å²) in [5, 5.41) is 0. The first-order valence-corrected chi connectivity index (χ1v) is 40.7. The predicted octanol–water partition coefficient (Wildman–Crippen LogP) is 23.4. The zero-order chi connectivity index (χ0) is 99.2. The van der Waals surface area contributed by atoms with E-state index >= 15 is 0 Å². The minimum Gasteiger partial charge on any atom is -0.361 e. The van der Waals surface area contributed by atoms with Crippen LogP contribution in [0.15, 0.2) is 84.9 Å². The van der Waals surface area contributed by atoms with E-state index in [2.05, 4.69) is 200 Å². The molecule has 110 heavy (non-hydrogen) atoms. The summed E-state index contributed by atoms with van der Waals surface area (Å²) in [6.07, 6.45) is 16.5. The number of hydrogen-bond acceptors (Lipinski definition) is 9. The molecular formula is C92H166F3N15. The number of rotatable bonds is 20. The molecule has 0 bridgehead atoms. The fraction of sp³-hybridized carbons (Fsp3) is 0.772. The zero-order valence-corrected chi connectivity index (χ0v) is 75.2. The molecule has 6 rings (SSSR count). The highest BCUT2D eigenvalue weighted by molar-refractivity contribution is 6.02. The second-order valence-corrected chi connectivity index (χ2v) is 34.3. The topological polar surface area (TPSA) is 132 Å². The van der Waals surface area contributed by atoms with Crippen LogP contribution in [0.3, 0.4) is 0 Å². The number of amidine groups is 6. The Hall–Kier alpha value is -5.94. The average Bonchev–Trinajstić information content (AvgIpc) is 0.705. The second-order valence-electron chi connectivity index (χ2n) is 34.3. The lowest BCUT2D eigenvalue weighted by molar-refractivity contribution is -0.0694. The van der Waals surface area contributed by atoms with E-state index in [-0.39, 0.29) is 53.7 Å². The van der Waals surface area contributed by atoms with Gasteiger partial charge in [0.05, 0.1) is 0 Å². The van der Waals surface area contributed by atoms with E-state index in [1.165, 1.54) is 52.0 Å². The second kappa shape index (κ2) is 49.0. The van der Waals surface area contributed by atoms with Crippen LogP contribution in [0, 0.1) is 22.6 Å². The number of aliphatic imine (C=N–C) groups is 6. The number of benzene rings is 1. The lowest BCUT2D eigenvalue weighted by Gasteiger charge is -2.44. The highest BCUT2D eigenvalue weighted by atomic mass is 19.4. The van der Waals surface area contributed by atoms with Gasteiger partial charge in [-0.05, 0) is 294 Å². The first-order chi connectivity index (χ1) is 57.4. The molecule has 3 aliphatic rings. The molecule has 15 nitrogen and oxygen atoms in total. The predicted molar refractivity (Wildman–Crippen MR) is 474 cm³/mol. The molecule has 2 unspecified atom stereocenters. The third-order valence-corrected chi connectivity index (χ3v) is 20.0. The van der Waals surface area contributed by atoms with Gasteiger partial charge in [0.2, 0.25) is 5.84 Å². The smallest absolute Gasteiger partial charge is 0.361 e. The van der Waals surface area contributed by atoms with Crippen molar-refractivity contribution in [2.45, 2.75) is 401 Å². The largest absolute Gasteiger partial charge is 0.449 e. The van der Waals surface area contributed by atoms with E-state index in [0.29, 0.717) is 40.8 Å². The minimum absolute atomic E-state index is 0.0602. The van der Waals surface area contributed by atoms with Crippen molar-refractivity contribution in [1.29, 1.82) is 0 Å². The molecule has 2 atom stereocenters. The molecule has 1 aromatic carbocycles. The molecule has 0 radical (unpaired) electrons. The van der Waals surface area contributed by atoms with E-state index in [4.69, 9.17) is 33.3 Å². The Morgan fingerprint density at radius 2 is 0.791 bits per heavy atom. The van der Waals surface area contributed by atoms with Crippen LogP contribution in [-0.4, -0.2) is 200 Å². The molecule has 3 saturated carbocycles. The van der Waals surface area contributed by atoms with Gasteiger partial charge >= 0.3 is 6.18 Å². The fourth-order valence-electron chi connectivity index (χ4n) is 12.2. The van der Waals surface area contributed by atoms with Crippen molar-refractivity contribution in [3.05, 3.63) is 88.8 Å². The van der Waals surface area contributed by atoms with Crippen molar-refractivity contribution in [1.82, 2.24) is 44.4 Å². The molecule has 0 saturated heterocycles. The van der Waals surface area contributed by atoms with Gasteiger partial charge in [0.15, 0.2) is 11.7 Å². The van der Waals surface area contributed by atoms with Crippen LogP contribution >= 0.6 is 0 Å². The molecular weight excluding hydrogens is 1370 g/mol. The minimum atomic E-state index is -4.37. The van der Waals surface area contributed by atoms with Crippen LogP contribution in [0.25, 0.3) is 0 Å². The monoisotopic (exact) mass is 1560 g/mol. The van der Waals surface area contributed by atoms with Crippen LogP contribution < -0.4 is 0 Å². The Balaban J connectivity index is 0.000000799. The van der Waals surface area contributed by atoms with Gasteiger partial charge in [-0.3, -0.25) is 34.9 Å². The Morgan fingerprint density at radius 1 is 0.427 bits per heavy atom. The number of alkyl halides is 3. The third-order valence-electron chi connectivity index (χ3n) is 20.0. The normalized spacial score (nSPS) is 21.8. The van der Waals surface area contributed by atoms with Crippen LogP contribution in [-0.2, 0) is 0 Å². The molecule has 1 spiro atoms. The van der Waals surface area contributed by atoms with Crippen molar-refractivity contribution in [2.75, 3.05) is 42.3 Å². The lowest BCUT2D eigenvalue weighted by Crippen LogP contribution is -2.43. The van der Waals surface area contributed by atoms with E-state index < -0.39 is 91.6 Å². The molecule has 3 aromatic rings. The molecule has 0 aliphatic heterocycles.